The summed E-state index contributed by atoms with van der Waals surface area (Å²) < 4.78 is 18.8. The maximum absolute atomic E-state index is 13.0. The van der Waals surface area contributed by atoms with Gasteiger partial charge >= 0.3 is 0 Å². The van der Waals surface area contributed by atoms with Gasteiger partial charge in [-0.1, -0.05) is 58.0 Å². The highest BCUT2D eigenvalue weighted by molar-refractivity contribution is 6.74. The summed E-state index contributed by atoms with van der Waals surface area (Å²) in [6.45, 7) is 13.8. The van der Waals surface area contributed by atoms with Crippen LogP contribution < -0.4 is 0 Å². The second kappa shape index (κ2) is 6.86. The molecule has 1 aromatic rings. The first-order valence-electron chi connectivity index (χ1n) is 9.58. The van der Waals surface area contributed by atoms with Crippen molar-refractivity contribution in [1.29, 1.82) is 0 Å². The summed E-state index contributed by atoms with van der Waals surface area (Å²) in [6.07, 6.45) is 0.541. The molecule has 2 heterocycles. The molecule has 3 rings (SSSR count). The van der Waals surface area contributed by atoms with Crippen molar-refractivity contribution >= 4 is 14.1 Å². The van der Waals surface area contributed by atoms with E-state index in [1.807, 2.05) is 37.3 Å². The van der Waals surface area contributed by atoms with E-state index < -0.39 is 13.9 Å². The smallest absolute Gasteiger partial charge is 0.192 e. The molecule has 0 saturated carbocycles. The predicted octanol–water partition coefficient (Wildman–Crippen LogP) is 4.34. The minimum Gasteiger partial charge on any atom is -0.410 e. The Bertz CT molecular complexity index is 652. The van der Waals surface area contributed by atoms with Gasteiger partial charge in [0.15, 0.2) is 19.7 Å². The lowest BCUT2D eigenvalue weighted by Crippen LogP contribution is -2.57. The van der Waals surface area contributed by atoms with Gasteiger partial charge in [0.05, 0.1) is 25.4 Å². The first-order chi connectivity index (χ1) is 12.1. The summed E-state index contributed by atoms with van der Waals surface area (Å²) in [5.41, 5.74) is 0.160. The van der Waals surface area contributed by atoms with Gasteiger partial charge in [0.25, 0.3) is 0 Å². The van der Waals surface area contributed by atoms with Crippen molar-refractivity contribution < 1.29 is 18.7 Å². The third-order valence-electron chi connectivity index (χ3n) is 6.39. The van der Waals surface area contributed by atoms with Crippen LogP contribution in [-0.2, 0) is 25.3 Å². The van der Waals surface area contributed by atoms with Crippen LogP contribution in [0.15, 0.2) is 30.3 Å². The lowest BCUT2D eigenvalue weighted by molar-refractivity contribution is -0.148. The minimum atomic E-state index is -2.00. The monoisotopic (exact) mass is 376 g/mol. The topological polar surface area (TPSA) is 44.8 Å². The number of hydrogen-bond acceptors (Lipinski definition) is 4. The van der Waals surface area contributed by atoms with E-state index in [0.717, 1.165) is 12.0 Å². The van der Waals surface area contributed by atoms with Gasteiger partial charge in [-0.15, -0.1) is 0 Å². The highest BCUT2D eigenvalue weighted by Gasteiger charge is 2.65. The van der Waals surface area contributed by atoms with Gasteiger partial charge in [0.1, 0.15) is 0 Å². The minimum absolute atomic E-state index is 0.0439. The normalized spacial score (nSPS) is 31.6. The van der Waals surface area contributed by atoms with Gasteiger partial charge in [-0.3, -0.25) is 4.79 Å². The van der Waals surface area contributed by atoms with Crippen molar-refractivity contribution in [1.82, 2.24) is 0 Å². The van der Waals surface area contributed by atoms with Gasteiger partial charge < -0.3 is 13.9 Å². The van der Waals surface area contributed by atoms with Gasteiger partial charge in [0.2, 0.25) is 0 Å². The second-order valence-corrected chi connectivity index (χ2v) is 14.0. The average molecular weight is 377 g/mol. The Balaban J connectivity index is 1.74. The summed E-state index contributed by atoms with van der Waals surface area (Å²) >= 11 is 0. The predicted molar refractivity (Wildman–Crippen MR) is 105 cm³/mol. The van der Waals surface area contributed by atoms with Crippen LogP contribution in [0, 0.1) is 5.92 Å². The Morgan fingerprint density at radius 2 is 1.88 bits per heavy atom. The van der Waals surface area contributed by atoms with Crippen LogP contribution in [0.4, 0.5) is 0 Å². The fourth-order valence-corrected chi connectivity index (χ4v) is 4.99. The van der Waals surface area contributed by atoms with Crippen molar-refractivity contribution in [3.05, 3.63) is 35.9 Å². The summed E-state index contributed by atoms with van der Waals surface area (Å²) in [6, 6.07) is 10.0. The Morgan fingerprint density at radius 3 is 2.46 bits per heavy atom. The fourth-order valence-electron chi connectivity index (χ4n) is 3.64. The van der Waals surface area contributed by atoms with E-state index in [2.05, 4.69) is 33.9 Å². The summed E-state index contributed by atoms with van der Waals surface area (Å²) in [4.78, 5) is 13.0. The molecule has 2 aliphatic rings. The number of fused-ring (bicyclic) bond motifs is 2. The van der Waals surface area contributed by atoms with E-state index in [1.54, 1.807) is 0 Å². The number of rotatable bonds is 6. The number of carbonyl (C=O) groups is 1. The number of ketones is 1. The molecule has 0 unspecified atom stereocenters. The van der Waals surface area contributed by atoms with Crippen LogP contribution in [0.5, 0.6) is 0 Å². The van der Waals surface area contributed by atoms with E-state index in [1.165, 1.54) is 0 Å². The molecule has 26 heavy (non-hydrogen) atoms. The number of Topliss-reactive ketones (excluding diaryl/α,β-unsaturated/α-hetero) is 1. The highest BCUT2D eigenvalue weighted by Crippen LogP contribution is 2.49. The molecule has 4 nitrogen and oxygen atoms in total. The summed E-state index contributed by atoms with van der Waals surface area (Å²) in [5.74, 6) is 0.0695. The molecule has 0 radical (unpaired) electrons. The van der Waals surface area contributed by atoms with E-state index in [4.69, 9.17) is 13.9 Å². The quantitative estimate of drug-likeness (QED) is 0.693. The summed E-state index contributed by atoms with van der Waals surface area (Å²) in [5, 5.41) is 0.0928. The van der Waals surface area contributed by atoms with Gasteiger partial charge in [0, 0.05) is 12.3 Å². The first-order valence-corrected chi connectivity index (χ1v) is 12.5. The van der Waals surface area contributed by atoms with Gasteiger partial charge in [-0.25, -0.2) is 0 Å². The molecule has 4 atom stereocenters. The average Bonchev–Trinajstić information content (AvgIpc) is 3.02. The standard InChI is InChI=1S/C21H32O4Si/c1-15-17-12-18(25-26(5,6)20(2,3)4)21(24-17,19(15)22)14-23-13-16-10-8-7-9-11-16/h7-11,15,17-18H,12-14H2,1-6H3/t15-,17+,18+,21+/m1/s1. The lowest BCUT2D eigenvalue weighted by Gasteiger charge is -2.42. The first kappa shape index (κ1) is 19.7. The number of carbonyl (C=O) groups excluding carboxylic acids is 1. The van der Waals surface area contributed by atoms with Crippen molar-refractivity contribution in [3.8, 4) is 0 Å². The molecule has 2 bridgehead atoms. The molecule has 0 spiro atoms. The Kier molecular flexibility index (Phi) is 5.21. The zero-order chi connectivity index (χ0) is 19.2. The molecule has 1 aromatic carbocycles. The SMILES string of the molecule is C[C@H]1C(=O)[C@@]2(COCc3ccccc3)O[C@H]1C[C@@H]2O[Si](C)(C)C(C)(C)C. The molecule has 144 valence electrons. The maximum atomic E-state index is 13.0. The highest BCUT2D eigenvalue weighted by atomic mass is 28.4. The molecular formula is C21H32O4Si. The molecule has 2 fully saturated rings. The molecule has 0 N–H and O–H groups in total. The zero-order valence-corrected chi connectivity index (χ0v) is 17.9. The molecule has 2 aliphatic heterocycles. The summed E-state index contributed by atoms with van der Waals surface area (Å²) in [7, 11) is -2.00. The Labute approximate surface area is 158 Å². The van der Waals surface area contributed by atoms with Gasteiger partial charge in [-0.05, 0) is 23.7 Å². The van der Waals surface area contributed by atoms with E-state index >= 15 is 0 Å². The largest absolute Gasteiger partial charge is 0.410 e. The Hall–Kier alpha value is -1.01. The number of benzene rings is 1. The van der Waals surface area contributed by atoms with Crippen molar-refractivity contribution in [2.75, 3.05) is 6.61 Å². The van der Waals surface area contributed by atoms with E-state index in [9.17, 15) is 4.79 Å². The number of ether oxygens (including phenoxy) is 2. The van der Waals surface area contributed by atoms with Gasteiger partial charge in [-0.2, -0.15) is 0 Å². The molecular weight excluding hydrogens is 344 g/mol. The van der Waals surface area contributed by atoms with Crippen LogP contribution in [0.3, 0.4) is 0 Å². The fraction of sp³-hybridized carbons (Fsp3) is 0.667. The second-order valence-electron chi connectivity index (χ2n) is 9.28. The van der Waals surface area contributed by atoms with Crippen LogP contribution in [-0.4, -0.2) is 38.5 Å². The van der Waals surface area contributed by atoms with E-state index in [-0.39, 0.29) is 35.6 Å². The molecule has 0 aliphatic carbocycles. The van der Waals surface area contributed by atoms with Crippen molar-refractivity contribution in [2.45, 2.75) is 76.7 Å². The number of hydrogen-bond donors (Lipinski definition) is 0. The zero-order valence-electron chi connectivity index (χ0n) is 16.9. The van der Waals surface area contributed by atoms with Crippen LogP contribution in [0.2, 0.25) is 18.1 Å². The van der Waals surface area contributed by atoms with Crippen molar-refractivity contribution in [2.24, 2.45) is 5.92 Å². The van der Waals surface area contributed by atoms with Crippen LogP contribution >= 0.6 is 0 Å². The molecule has 0 amide bonds. The maximum Gasteiger partial charge on any atom is 0.192 e. The third kappa shape index (κ3) is 3.42. The van der Waals surface area contributed by atoms with Crippen molar-refractivity contribution in [3.63, 3.8) is 0 Å². The Morgan fingerprint density at radius 1 is 1.23 bits per heavy atom. The molecule has 2 saturated heterocycles. The molecule has 0 aromatic heterocycles. The van der Waals surface area contributed by atoms with E-state index in [0.29, 0.717) is 6.61 Å². The molecule has 5 heteroatoms. The third-order valence-corrected chi connectivity index (χ3v) is 10.9. The van der Waals surface area contributed by atoms with Crippen LogP contribution in [0.25, 0.3) is 0 Å². The van der Waals surface area contributed by atoms with Crippen LogP contribution in [0.1, 0.15) is 39.7 Å². The lowest BCUT2D eigenvalue weighted by atomic mass is 9.79.